The lowest BCUT2D eigenvalue weighted by atomic mass is 10.2. The number of ether oxygens (including phenoxy) is 1. The summed E-state index contributed by atoms with van der Waals surface area (Å²) in [5, 5.41) is 2.75. The van der Waals surface area contributed by atoms with Gasteiger partial charge in [0, 0.05) is 5.02 Å². The first kappa shape index (κ1) is 13.4. The van der Waals surface area contributed by atoms with Crippen molar-refractivity contribution in [2.75, 3.05) is 12.4 Å². The number of carbonyl (C=O) groups is 1. The molecule has 2 aromatic carbocycles. The van der Waals surface area contributed by atoms with E-state index >= 15 is 0 Å². The van der Waals surface area contributed by atoms with E-state index in [0.29, 0.717) is 11.3 Å². The number of para-hydroxylation sites is 1. The smallest absolute Gasteiger partial charge is 0.259 e. The molecule has 19 heavy (non-hydrogen) atoms. The molecule has 2 aromatic rings. The molecule has 0 unspecified atom stereocenters. The maximum absolute atomic E-state index is 13.6. The summed E-state index contributed by atoms with van der Waals surface area (Å²) in [4.78, 5) is 12.0. The van der Waals surface area contributed by atoms with Crippen molar-refractivity contribution >= 4 is 23.2 Å². The molecule has 0 aliphatic heterocycles. The Morgan fingerprint density at radius 1 is 1.26 bits per heavy atom. The number of halogens is 2. The quantitative estimate of drug-likeness (QED) is 0.929. The van der Waals surface area contributed by atoms with Crippen molar-refractivity contribution in [1.29, 1.82) is 0 Å². The predicted octanol–water partition coefficient (Wildman–Crippen LogP) is 3.74. The van der Waals surface area contributed by atoms with Gasteiger partial charge in [-0.2, -0.15) is 0 Å². The van der Waals surface area contributed by atoms with Gasteiger partial charge in [0.2, 0.25) is 0 Å². The minimum absolute atomic E-state index is 0.0697. The number of carbonyl (C=O) groups excluding carboxylic acids is 1. The molecule has 1 N–H and O–H groups in total. The second-order valence-electron chi connectivity index (χ2n) is 3.78. The number of hydrogen-bond acceptors (Lipinski definition) is 2. The monoisotopic (exact) mass is 279 g/mol. The zero-order chi connectivity index (χ0) is 13.8. The van der Waals surface area contributed by atoms with Crippen molar-refractivity contribution < 1.29 is 13.9 Å². The van der Waals surface area contributed by atoms with Gasteiger partial charge in [-0.3, -0.25) is 4.79 Å². The van der Waals surface area contributed by atoms with Crippen LogP contribution in [0.15, 0.2) is 42.5 Å². The Morgan fingerprint density at radius 3 is 2.68 bits per heavy atom. The minimum atomic E-state index is -0.587. The molecule has 3 nitrogen and oxygen atoms in total. The van der Waals surface area contributed by atoms with Gasteiger partial charge in [0.25, 0.3) is 5.91 Å². The Balaban J connectivity index is 2.26. The van der Waals surface area contributed by atoms with Crippen molar-refractivity contribution in [2.45, 2.75) is 0 Å². The van der Waals surface area contributed by atoms with Crippen LogP contribution >= 0.6 is 11.6 Å². The normalized spacial score (nSPS) is 10.1. The summed E-state index contributed by atoms with van der Waals surface area (Å²) in [6.45, 7) is 0. The highest BCUT2D eigenvalue weighted by Gasteiger charge is 2.13. The van der Waals surface area contributed by atoms with Crippen LogP contribution in [0, 0.1) is 5.82 Å². The van der Waals surface area contributed by atoms with Crippen molar-refractivity contribution in [1.82, 2.24) is 0 Å². The standard InChI is InChI=1S/C14H11ClFNO2/c1-19-13-5-3-2-4-10(13)14(18)17-12-7-6-9(15)8-11(12)16/h2-8H,1H3,(H,17,18). The molecule has 0 saturated carbocycles. The first-order valence-corrected chi connectivity index (χ1v) is 5.89. The van der Waals surface area contributed by atoms with E-state index in [1.165, 1.54) is 19.2 Å². The van der Waals surface area contributed by atoms with E-state index in [4.69, 9.17) is 16.3 Å². The molecule has 0 heterocycles. The summed E-state index contributed by atoms with van der Waals surface area (Å²) in [6, 6.07) is 10.8. The second-order valence-corrected chi connectivity index (χ2v) is 4.22. The van der Waals surface area contributed by atoms with E-state index in [0.717, 1.165) is 6.07 Å². The Bertz CT molecular complexity index is 616. The molecule has 0 atom stereocenters. The Morgan fingerprint density at radius 2 is 2.00 bits per heavy atom. The third-order valence-electron chi connectivity index (χ3n) is 2.53. The molecule has 0 bridgehead atoms. The van der Waals surface area contributed by atoms with Gasteiger partial charge in [0.1, 0.15) is 11.6 Å². The van der Waals surface area contributed by atoms with Crippen LogP contribution in [0.25, 0.3) is 0 Å². The minimum Gasteiger partial charge on any atom is -0.496 e. The lowest BCUT2D eigenvalue weighted by molar-refractivity contribution is 0.102. The van der Waals surface area contributed by atoms with Crippen LogP contribution in [0.2, 0.25) is 5.02 Å². The first-order valence-electron chi connectivity index (χ1n) is 5.51. The molecule has 98 valence electrons. The summed E-state index contributed by atoms with van der Waals surface area (Å²) in [5.41, 5.74) is 0.402. The van der Waals surface area contributed by atoms with Crippen LogP contribution < -0.4 is 10.1 Å². The van der Waals surface area contributed by atoms with E-state index in [1.807, 2.05) is 0 Å². The first-order chi connectivity index (χ1) is 9.11. The summed E-state index contributed by atoms with van der Waals surface area (Å²) < 4.78 is 18.7. The Kier molecular flexibility index (Phi) is 4.02. The molecular weight excluding hydrogens is 269 g/mol. The lowest BCUT2D eigenvalue weighted by Crippen LogP contribution is -2.14. The molecule has 2 rings (SSSR count). The van der Waals surface area contributed by atoms with E-state index < -0.39 is 11.7 Å². The highest BCUT2D eigenvalue weighted by Crippen LogP contribution is 2.22. The van der Waals surface area contributed by atoms with Crippen LogP contribution in [0.4, 0.5) is 10.1 Å². The van der Waals surface area contributed by atoms with Gasteiger partial charge in [-0.15, -0.1) is 0 Å². The third-order valence-corrected chi connectivity index (χ3v) is 2.77. The molecule has 0 aliphatic rings. The zero-order valence-electron chi connectivity index (χ0n) is 10.1. The Hall–Kier alpha value is -2.07. The molecule has 1 amide bonds. The third kappa shape index (κ3) is 3.03. The highest BCUT2D eigenvalue weighted by atomic mass is 35.5. The van der Waals surface area contributed by atoms with Gasteiger partial charge in [0.15, 0.2) is 0 Å². The van der Waals surface area contributed by atoms with Crippen LogP contribution in [0.5, 0.6) is 5.75 Å². The van der Waals surface area contributed by atoms with Gasteiger partial charge in [-0.25, -0.2) is 4.39 Å². The van der Waals surface area contributed by atoms with E-state index in [2.05, 4.69) is 5.32 Å². The number of nitrogens with one attached hydrogen (secondary N) is 1. The molecule has 5 heteroatoms. The Labute approximate surface area is 115 Å². The fourth-order valence-corrected chi connectivity index (χ4v) is 1.77. The lowest BCUT2D eigenvalue weighted by Gasteiger charge is -2.09. The number of hydrogen-bond donors (Lipinski definition) is 1. The number of rotatable bonds is 3. The highest BCUT2D eigenvalue weighted by molar-refractivity contribution is 6.30. The molecule has 0 aromatic heterocycles. The number of anilines is 1. The van der Waals surface area contributed by atoms with Crippen LogP contribution in [0.1, 0.15) is 10.4 Å². The van der Waals surface area contributed by atoms with Gasteiger partial charge < -0.3 is 10.1 Å². The van der Waals surface area contributed by atoms with Gasteiger partial charge in [-0.05, 0) is 30.3 Å². The van der Waals surface area contributed by atoms with Crippen molar-refractivity contribution in [3.63, 3.8) is 0 Å². The van der Waals surface area contributed by atoms with E-state index in [1.54, 1.807) is 24.3 Å². The summed E-state index contributed by atoms with van der Waals surface area (Å²) >= 11 is 5.65. The SMILES string of the molecule is COc1ccccc1C(=O)Nc1ccc(Cl)cc1F. The number of amides is 1. The molecule has 0 spiro atoms. The largest absolute Gasteiger partial charge is 0.496 e. The molecule has 0 fully saturated rings. The number of methoxy groups -OCH3 is 1. The number of benzene rings is 2. The maximum Gasteiger partial charge on any atom is 0.259 e. The zero-order valence-corrected chi connectivity index (χ0v) is 10.9. The average molecular weight is 280 g/mol. The van der Waals surface area contributed by atoms with Gasteiger partial charge in [0.05, 0.1) is 18.4 Å². The summed E-state index contributed by atoms with van der Waals surface area (Å²) in [6.07, 6.45) is 0. The summed E-state index contributed by atoms with van der Waals surface area (Å²) in [7, 11) is 1.47. The van der Waals surface area contributed by atoms with Gasteiger partial charge in [-0.1, -0.05) is 23.7 Å². The van der Waals surface area contributed by atoms with Crippen LogP contribution in [0.3, 0.4) is 0 Å². The fraction of sp³-hybridized carbons (Fsp3) is 0.0714. The topological polar surface area (TPSA) is 38.3 Å². The van der Waals surface area contributed by atoms with E-state index in [9.17, 15) is 9.18 Å². The molecule has 0 radical (unpaired) electrons. The fourth-order valence-electron chi connectivity index (χ4n) is 1.61. The second kappa shape index (κ2) is 5.71. The molecule has 0 saturated heterocycles. The van der Waals surface area contributed by atoms with Crippen molar-refractivity contribution in [3.05, 3.63) is 58.9 Å². The van der Waals surface area contributed by atoms with Crippen LogP contribution in [-0.4, -0.2) is 13.0 Å². The van der Waals surface area contributed by atoms with Crippen molar-refractivity contribution in [3.8, 4) is 5.75 Å². The van der Waals surface area contributed by atoms with Crippen molar-refractivity contribution in [2.24, 2.45) is 0 Å². The maximum atomic E-state index is 13.6. The van der Waals surface area contributed by atoms with E-state index in [-0.39, 0.29) is 10.7 Å². The van der Waals surface area contributed by atoms with Crippen LogP contribution in [-0.2, 0) is 0 Å². The van der Waals surface area contributed by atoms with Gasteiger partial charge >= 0.3 is 0 Å². The molecular formula is C14H11ClFNO2. The summed E-state index contributed by atoms with van der Waals surface area (Å²) in [5.74, 6) is -0.608. The predicted molar refractivity (Wildman–Crippen MR) is 72.4 cm³/mol. The molecule has 0 aliphatic carbocycles. The average Bonchev–Trinajstić information content (AvgIpc) is 2.41.